The molecule has 0 saturated heterocycles. The van der Waals surface area contributed by atoms with Crippen LogP contribution in [0.3, 0.4) is 0 Å². The Morgan fingerprint density at radius 1 is 0.607 bits per heavy atom. The Labute approximate surface area is 170 Å². The number of carboxylic acids is 2. The van der Waals surface area contributed by atoms with E-state index in [0.29, 0.717) is 0 Å². The summed E-state index contributed by atoms with van der Waals surface area (Å²) in [5.74, 6) is -2.16. The fourth-order valence-corrected chi connectivity index (χ4v) is 3.61. The fraction of sp³-hybridized carbons (Fsp3) is 0.667. The van der Waals surface area contributed by atoms with E-state index in [1.807, 2.05) is 0 Å². The molecule has 0 radical (unpaired) electrons. The largest absolute Gasteiger partial charge is 0.478 e. The van der Waals surface area contributed by atoms with Crippen LogP contribution in [0.2, 0.25) is 0 Å². The molecule has 1 rings (SSSR count). The number of aromatic carboxylic acids is 2. The summed E-state index contributed by atoms with van der Waals surface area (Å²) in [5.41, 5.74) is 0.914. The molecule has 0 fully saturated rings. The molecule has 4 nitrogen and oxygen atoms in total. The summed E-state index contributed by atoms with van der Waals surface area (Å²) in [4.78, 5) is 22.3. The van der Waals surface area contributed by atoms with E-state index in [2.05, 4.69) is 6.92 Å². The molecule has 0 amide bonds. The fourth-order valence-electron chi connectivity index (χ4n) is 3.61. The van der Waals surface area contributed by atoms with Gasteiger partial charge in [0, 0.05) is 0 Å². The maximum Gasteiger partial charge on any atom is 0.335 e. The van der Waals surface area contributed by atoms with Gasteiger partial charge in [-0.3, -0.25) is 0 Å². The van der Waals surface area contributed by atoms with E-state index in [1.54, 1.807) is 12.1 Å². The monoisotopic (exact) mass is 390 g/mol. The Kier molecular flexibility index (Phi) is 13.1. The standard InChI is InChI=1S/C24H38O4/c1-2-3-4-5-6-7-8-9-10-11-12-13-14-15-16-20-17-21(23(25)26)19-22(18-20)24(27)28/h17-19H,2-16H2,1H3,(H,25,26)(H,27,28). The van der Waals surface area contributed by atoms with Crippen molar-refractivity contribution in [3.05, 3.63) is 34.9 Å². The third-order valence-electron chi connectivity index (χ3n) is 5.31. The second-order valence-corrected chi connectivity index (χ2v) is 7.88. The van der Waals surface area contributed by atoms with Gasteiger partial charge in [-0.25, -0.2) is 9.59 Å². The van der Waals surface area contributed by atoms with Crippen molar-refractivity contribution in [3.8, 4) is 0 Å². The number of carboxylic acid groups (broad SMARTS) is 2. The van der Waals surface area contributed by atoms with Gasteiger partial charge in [-0.05, 0) is 36.6 Å². The Balaban J connectivity index is 2.07. The van der Waals surface area contributed by atoms with Crippen LogP contribution in [0.15, 0.2) is 18.2 Å². The number of hydrogen-bond donors (Lipinski definition) is 2. The lowest BCUT2D eigenvalue weighted by Gasteiger charge is -2.06. The molecule has 1 aromatic carbocycles. The first-order valence-electron chi connectivity index (χ1n) is 11.1. The third-order valence-corrected chi connectivity index (χ3v) is 5.31. The van der Waals surface area contributed by atoms with Gasteiger partial charge >= 0.3 is 11.9 Å². The van der Waals surface area contributed by atoms with E-state index in [-0.39, 0.29) is 11.1 Å². The second kappa shape index (κ2) is 15.1. The molecule has 0 aliphatic carbocycles. The molecular weight excluding hydrogens is 352 g/mol. The van der Waals surface area contributed by atoms with Gasteiger partial charge in [0.2, 0.25) is 0 Å². The van der Waals surface area contributed by atoms with Crippen LogP contribution in [-0.2, 0) is 6.42 Å². The van der Waals surface area contributed by atoms with Crippen LogP contribution in [0.4, 0.5) is 0 Å². The van der Waals surface area contributed by atoms with Crippen molar-refractivity contribution < 1.29 is 19.8 Å². The highest BCUT2D eigenvalue weighted by Gasteiger charge is 2.11. The second-order valence-electron chi connectivity index (χ2n) is 7.88. The lowest BCUT2D eigenvalue weighted by atomic mass is 10.00. The molecule has 0 aliphatic rings. The summed E-state index contributed by atoms with van der Waals surface area (Å²) in [7, 11) is 0. The molecule has 0 heterocycles. The van der Waals surface area contributed by atoms with E-state index in [0.717, 1.165) is 24.8 Å². The number of rotatable bonds is 17. The van der Waals surface area contributed by atoms with Gasteiger partial charge in [-0.1, -0.05) is 90.4 Å². The van der Waals surface area contributed by atoms with E-state index >= 15 is 0 Å². The first-order chi connectivity index (χ1) is 13.5. The summed E-state index contributed by atoms with van der Waals surface area (Å²) in [6.45, 7) is 2.26. The molecule has 0 saturated carbocycles. The van der Waals surface area contributed by atoms with E-state index in [4.69, 9.17) is 10.2 Å². The number of benzene rings is 1. The van der Waals surface area contributed by atoms with Crippen molar-refractivity contribution in [2.75, 3.05) is 0 Å². The smallest absolute Gasteiger partial charge is 0.335 e. The highest BCUT2D eigenvalue weighted by Crippen LogP contribution is 2.16. The van der Waals surface area contributed by atoms with Gasteiger partial charge < -0.3 is 10.2 Å². The minimum absolute atomic E-state index is 0.0558. The van der Waals surface area contributed by atoms with Gasteiger partial charge in [-0.15, -0.1) is 0 Å². The quantitative estimate of drug-likeness (QED) is 0.278. The van der Waals surface area contributed by atoms with Gasteiger partial charge in [0.25, 0.3) is 0 Å². The summed E-state index contributed by atoms with van der Waals surface area (Å²) in [6.07, 6.45) is 18.9. The molecule has 0 atom stereocenters. The van der Waals surface area contributed by atoms with Crippen LogP contribution in [0.1, 0.15) is 123 Å². The maximum atomic E-state index is 11.1. The van der Waals surface area contributed by atoms with Gasteiger partial charge in [0.1, 0.15) is 0 Å². The molecule has 0 spiro atoms. The lowest BCUT2D eigenvalue weighted by molar-refractivity contribution is 0.0696. The van der Waals surface area contributed by atoms with Crippen LogP contribution in [0.5, 0.6) is 0 Å². The number of hydrogen-bond acceptors (Lipinski definition) is 2. The zero-order valence-corrected chi connectivity index (χ0v) is 17.5. The highest BCUT2D eigenvalue weighted by atomic mass is 16.4. The van der Waals surface area contributed by atoms with Crippen molar-refractivity contribution >= 4 is 11.9 Å². The van der Waals surface area contributed by atoms with Crippen molar-refractivity contribution in [1.29, 1.82) is 0 Å². The molecule has 4 heteroatoms. The zero-order valence-electron chi connectivity index (χ0n) is 17.5. The molecular formula is C24H38O4. The van der Waals surface area contributed by atoms with E-state index < -0.39 is 11.9 Å². The molecule has 0 aromatic heterocycles. The molecule has 2 N–H and O–H groups in total. The van der Waals surface area contributed by atoms with Crippen LogP contribution in [0.25, 0.3) is 0 Å². The molecule has 0 unspecified atom stereocenters. The number of unbranched alkanes of at least 4 members (excludes halogenated alkanes) is 13. The molecule has 0 bridgehead atoms. The van der Waals surface area contributed by atoms with Crippen LogP contribution >= 0.6 is 0 Å². The minimum atomic E-state index is -1.08. The Hall–Kier alpha value is -1.84. The first-order valence-corrected chi connectivity index (χ1v) is 11.1. The molecule has 1 aromatic rings. The van der Waals surface area contributed by atoms with E-state index in [1.165, 1.54) is 83.1 Å². The normalized spacial score (nSPS) is 10.9. The van der Waals surface area contributed by atoms with E-state index in [9.17, 15) is 9.59 Å². The first kappa shape index (κ1) is 24.2. The average Bonchev–Trinajstić information content (AvgIpc) is 2.68. The molecule has 158 valence electrons. The van der Waals surface area contributed by atoms with Crippen LogP contribution in [-0.4, -0.2) is 22.2 Å². The predicted octanol–water partition coefficient (Wildman–Crippen LogP) is 7.11. The number of aryl methyl sites for hydroxylation is 1. The predicted molar refractivity (Wildman–Crippen MR) is 114 cm³/mol. The summed E-state index contributed by atoms with van der Waals surface area (Å²) in [5, 5.41) is 18.2. The van der Waals surface area contributed by atoms with Gasteiger partial charge in [-0.2, -0.15) is 0 Å². The molecule has 28 heavy (non-hydrogen) atoms. The topological polar surface area (TPSA) is 74.6 Å². The third kappa shape index (κ3) is 11.1. The Bertz CT molecular complexity index is 548. The lowest BCUT2D eigenvalue weighted by Crippen LogP contribution is -2.04. The van der Waals surface area contributed by atoms with Crippen molar-refractivity contribution in [1.82, 2.24) is 0 Å². The summed E-state index contributed by atoms with van der Waals surface area (Å²) in [6, 6.07) is 4.41. The summed E-state index contributed by atoms with van der Waals surface area (Å²) >= 11 is 0. The SMILES string of the molecule is CCCCCCCCCCCCCCCCc1cc(C(=O)O)cc(C(=O)O)c1. The van der Waals surface area contributed by atoms with Crippen LogP contribution < -0.4 is 0 Å². The van der Waals surface area contributed by atoms with Gasteiger partial charge in [0.05, 0.1) is 11.1 Å². The number of carbonyl (C=O) groups is 2. The minimum Gasteiger partial charge on any atom is -0.478 e. The highest BCUT2D eigenvalue weighted by molar-refractivity contribution is 5.94. The van der Waals surface area contributed by atoms with Crippen LogP contribution in [0, 0.1) is 0 Å². The Morgan fingerprint density at radius 2 is 0.964 bits per heavy atom. The van der Waals surface area contributed by atoms with Crippen molar-refractivity contribution in [3.63, 3.8) is 0 Å². The zero-order chi connectivity index (χ0) is 20.6. The van der Waals surface area contributed by atoms with Crippen molar-refractivity contribution in [2.24, 2.45) is 0 Å². The maximum absolute atomic E-state index is 11.1. The summed E-state index contributed by atoms with van der Waals surface area (Å²) < 4.78 is 0. The van der Waals surface area contributed by atoms with Gasteiger partial charge in [0.15, 0.2) is 0 Å². The molecule has 0 aliphatic heterocycles. The Morgan fingerprint density at radius 3 is 1.32 bits per heavy atom. The van der Waals surface area contributed by atoms with Crippen molar-refractivity contribution in [2.45, 2.75) is 103 Å². The average molecular weight is 391 g/mol.